The van der Waals surface area contributed by atoms with E-state index in [1.54, 1.807) is 0 Å². The van der Waals surface area contributed by atoms with Crippen LogP contribution in [-0.2, 0) is 16.0 Å². The van der Waals surface area contributed by atoms with Gasteiger partial charge in [-0.05, 0) is 37.5 Å². The SMILES string of the molecule is CCCOc1cccc(CCC(=O)OCC)c1. The standard InChI is InChI=1S/C14H20O3/c1-3-10-17-13-7-5-6-12(11-13)8-9-14(15)16-4-2/h5-7,11H,3-4,8-10H2,1-2H3. The summed E-state index contributed by atoms with van der Waals surface area (Å²) < 4.78 is 10.4. The fraction of sp³-hybridized carbons (Fsp3) is 0.500. The van der Waals surface area contributed by atoms with Crippen LogP contribution in [0, 0.1) is 0 Å². The normalized spacial score (nSPS) is 10.0. The van der Waals surface area contributed by atoms with Crippen molar-refractivity contribution in [3.05, 3.63) is 29.8 Å². The van der Waals surface area contributed by atoms with Crippen LogP contribution in [0.15, 0.2) is 24.3 Å². The zero-order valence-electron chi connectivity index (χ0n) is 10.6. The molecule has 1 aromatic rings. The molecule has 0 aliphatic rings. The van der Waals surface area contributed by atoms with E-state index in [1.807, 2.05) is 31.2 Å². The van der Waals surface area contributed by atoms with Crippen molar-refractivity contribution in [3.8, 4) is 5.75 Å². The van der Waals surface area contributed by atoms with E-state index in [1.165, 1.54) is 0 Å². The largest absolute Gasteiger partial charge is 0.494 e. The third-order valence-electron chi connectivity index (χ3n) is 2.29. The summed E-state index contributed by atoms with van der Waals surface area (Å²) in [5, 5.41) is 0. The van der Waals surface area contributed by atoms with Gasteiger partial charge in [0, 0.05) is 6.42 Å². The Morgan fingerprint density at radius 1 is 1.29 bits per heavy atom. The summed E-state index contributed by atoms with van der Waals surface area (Å²) in [7, 11) is 0. The number of carbonyl (C=O) groups excluding carboxylic acids is 1. The molecule has 0 fully saturated rings. The fourth-order valence-electron chi connectivity index (χ4n) is 1.49. The van der Waals surface area contributed by atoms with Gasteiger partial charge in [-0.25, -0.2) is 0 Å². The third-order valence-corrected chi connectivity index (χ3v) is 2.29. The van der Waals surface area contributed by atoms with Crippen LogP contribution in [0.25, 0.3) is 0 Å². The molecule has 0 heterocycles. The number of carbonyl (C=O) groups is 1. The molecule has 0 aliphatic carbocycles. The topological polar surface area (TPSA) is 35.5 Å². The van der Waals surface area contributed by atoms with Crippen LogP contribution < -0.4 is 4.74 Å². The summed E-state index contributed by atoms with van der Waals surface area (Å²) in [6.45, 7) is 5.06. The molecular weight excluding hydrogens is 216 g/mol. The van der Waals surface area contributed by atoms with E-state index in [2.05, 4.69) is 6.92 Å². The van der Waals surface area contributed by atoms with Gasteiger partial charge in [-0.15, -0.1) is 0 Å². The molecule has 3 nitrogen and oxygen atoms in total. The van der Waals surface area contributed by atoms with Crippen LogP contribution in [0.1, 0.15) is 32.3 Å². The highest BCUT2D eigenvalue weighted by molar-refractivity contribution is 5.69. The molecule has 3 heteroatoms. The molecule has 0 saturated carbocycles. The van der Waals surface area contributed by atoms with Crippen LogP contribution in [0.5, 0.6) is 5.75 Å². The Labute approximate surface area is 103 Å². The fourth-order valence-corrected chi connectivity index (χ4v) is 1.49. The number of hydrogen-bond acceptors (Lipinski definition) is 3. The van der Waals surface area contributed by atoms with Crippen molar-refractivity contribution in [1.29, 1.82) is 0 Å². The van der Waals surface area contributed by atoms with E-state index < -0.39 is 0 Å². The van der Waals surface area contributed by atoms with E-state index in [-0.39, 0.29) is 5.97 Å². The summed E-state index contributed by atoms with van der Waals surface area (Å²) in [6.07, 6.45) is 2.11. The van der Waals surface area contributed by atoms with E-state index in [0.29, 0.717) is 19.4 Å². The van der Waals surface area contributed by atoms with E-state index in [4.69, 9.17) is 9.47 Å². The van der Waals surface area contributed by atoms with Crippen LogP contribution in [0.4, 0.5) is 0 Å². The first kappa shape index (κ1) is 13.6. The van der Waals surface area contributed by atoms with E-state index in [9.17, 15) is 4.79 Å². The van der Waals surface area contributed by atoms with Gasteiger partial charge < -0.3 is 9.47 Å². The Bertz CT molecular complexity index is 347. The lowest BCUT2D eigenvalue weighted by Gasteiger charge is -2.07. The Morgan fingerprint density at radius 2 is 2.12 bits per heavy atom. The minimum absolute atomic E-state index is 0.146. The predicted octanol–water partition coefficient (Wildman–Crippen LogP) is 2.97. The Balaban J connectivity index is 2.45. The van der Waals surface area contributed by atoms with Gasteiger partial charge in [0.1, 0.15) is 5.75 Å². The van der Waals surface area contributed by atoms with Crippen LogP contribution >= 0.6 is 0 Å². The maximum Gasteiger partial charge on any atom is 0.306 e. The molecule has 0 atom stereocenters. The van der Waals surface area contributed by atoms with Gasteiger partial charge in [0.05, 0.1) is 13.2 Å². The number of aryl methyl sites for hydroxylation is 1. The maximum absolute atomic E-state index is 11.2. The molecule has 0 aliphatic heterocycles. The van der Waals surface area contributed by atoms with Gasteiger partial charge >= 0.3 is 5.97 Å². The summed E-state index contributed by atoms with van der Waals surface area (Å²) in [4.78, 5) is 11.2. The zero-order chi connectivity index (χ0) is 12.5. The highest BCUT2D eigenvalue weighted by atomic mass is 16.5. The molecule has 17 heavy (non-hydrogen) atoms. The summed E-state index contributed by atoms with van der Waals surface area (Å²) in [6, 6.07) is 7.86. The van der Waals surface area contributed by atoms with Gasteiger partial charge in [0.15, 0.2) is 0 Å². The highest BCUT2D eigenvalue weighted by Gasteiger charge is 2.03. The molecule has 0 bridgehead atoms. The van der Waals surface area contributed by atoms with E-state index >= 15 is 0 Å². The second-order valence-electron chi connectivity index (χ2n) is 3.80. The lowest BCUT2D eigenvalue weighted by Crippen LogP contribution is -2.05. The minimum Gasteiger partial charge on any atom is -0.494 e. The molecule has 0 N–H and O–H groups in total. The van der Waals surface area contributed by atoms with Crippen LogP contribution in [0.2, 0.25) is 0 Å². The smallest absolute Gasteiger partial charge is 0.306 e. The average Bonchev–Trinajstić information content (AvgIpc) is 2.35. The maximum atomic E-state index is 11.2. The van der Waals surface area contributed by atoms with Gasteiger partial charge in [0.2, 0.25) is 0 Å². The molecule has 0 aromatic heterocycles. The molecule has 0 radical (unpaired) electrons. The Morgan fingerprint density at radius 3 is 2.82 bits per heavy atom. The third kappa shape index (κ3) is 5.38. The second kappa shape index (κ2) is 7.71. The quantitative estimate of drug-likeness (QED) is 0.683. The van der Waals surface area contributed by atoms with Gasteiger partial charge in [-0.3, -0.25) is 4.79 Å². The second-order valence-corrected chi connectivity index (χ2v) is 3.80. The minimum atomic E-state index is -0.146. The molecule has 94 valence electrons. The number of hydrogen-bond donors (Lipinski definition) is 0. The Hall–Kier alpha value is -1.51. The van der Waals surface area contributed by atoms with Gasteiger partial charge in [-0.2, -0.15) is 0 Å². The number of ether oxygens (including phenoxy) is 2. The first-order valence-electron chi connectivity index (χ1n) is 6.13. The van der Waals surface area contributed by atoms with Crippen molar-refractivity contribution in [3.63, 3.8) is 0 Å². The summed E-state index contributed by atoms with van der Waals surface area (Å²) in [5.74, 6) is 0.723. The molecule has 0 saturated heterocycles. The molecule has 1 rings (SSSR count). The summed E-state index contributed by atoms with van der Waals surface area (Å²) in [5.41, 5.74) is 1.10. The van der Waals surface area contributed by atoms with Crippen molar-refractivity contribution in [2.75, 3.05) is 13.2 Å². The first-order valence-corrected chi connectivity index (χ1v) is 6.13. The molecule has 1 aromatic carbocycles. The lowest BCUT2D eigenvalue weighted by atomic mass is 10.1. The molecule has 0 amide bonds. The van der Waals surface area contributed by atoms with Crippen LogP contribution in [-0.4, -0.2) is 19.2 Å². The average molecular weight is 236 g/mol. The van der Waals surface area contributed by atoms with Crippen molar-refractivity contribution < 1.29 is 14.3 Å². The lowest BCUT2D eigenvalue weighted by molar-refractivity contribution is -0.143. The van der Waals surface area contributed by atoms with Gasteiger partial charge in [0.25, 0.3) is 0 Å². The highest BCUT2D eigenvalue weighted by Crippen LogP contribution is 2.15. The predicted molar refractivity (Wildman–Crippen MR) is 67.2 cm³/mol. The zero-order valence-corrected chi connectivity index (χ0v) is 10.6. The summed E-state index contributed by atoms with van der Waals surface area (Å²) >= 11 is 0. The molecule has 0 spiro atoms. The first-order chi connectivity index (χ1) is 8.26. The molecular formula is C14H20O3. The number of rotatable bonds is 7. The van der Waals surface area contributed by atoms with Gasteiger partial charge in [-0.1, -0.05) is 19.1 Å². The monoisotopic (exact) mass is 236 g/mol. The number of esters is 1. The van der Waals surface area contributed by atoms with Crippen LogP contribution in [0.3, 0.4) is 0 Å². The Kier molecular flexibility index (Phi) is 6.15. The van der Waals surface area contributed by atoms with Crippen molar-refractivity contribution in [2.24, 2.45) is 0 Å². The van der Waals surface area contributed by atoms with E-state index in [0.717, 1.165) is 24.3 Å². The molecule has 0 unspecified atom stereocenters. The van der Waals surface area contributed by atoms with Crippen molar-refractivity contribution in [2.45, 2.75) is 33.1 Å². The number of benzene rings is 1. The van der Waals surface area contributed by atoms with Crippen molar-refractivity contribution in [1.82, 2.24) is 0 Å². The van der Waals surface area contributed by atoms with Crippen molar-refractivity contribution >= 4 is 5.97 Å².